The van der Waals surface area contributed by atoms with Crippen molar-refractivity contribution in [3.05, 3.63) is 63.2 Å². The van der Waals surface area contributed by atoms with Crippen molar-refractivity contribution in [3.8, 4) is 0 Å². The molecule has 0 bridgehead atoms. The molecule has 10 radical (unpaired) electrons. The van der Waals surface area contributed by atoms with Gasteiger partial charge in [-0.1, -0.05) is 0 Å². The van der Waals surface area contributed by atoms with Gasteiger partial charge in [-0.15, -0.1) is 0 Å². The molecule has 1 N–H and O–H groups in total. The Hall–Kier alpha value is 0.149. The van der Waals surface area contributed by atoms with E-state index < -0.39 is 0 Å². The molecule has 3 heteroatoms. The molecule has 16 heavy (non-hydrogen) atoms. The Morgan fingerprint density at radius 1 is 1.06 bits per heavy atom. The van der Waals surface area contributed by atoms with Crippen LogP contribution in [0.15, 0.2) is 0 Å². The number of hydrogen-bond acceptors (Lipinski definition) is 2. The summed E-state index contributed by atoms with van der Waals surface area (Å²) >= 11 is 0. The summed E-state index contributed by atoms with van der Waals surface area (Å²) < 4.78 is 0. The van der Waals surface area contributed by atoms with E-state index in [0.29, 0.717) is 0 Å². The Balaban J connectivity index is 0.000000267. The van der Waals surface area contributed by atoms with Crippen molar-refractivity contribution in [3.63, 3.8) is 0 Å². The molecule has 2 fully saturated rings. The van der Waals surface area contributed by atoms with Crippen molar-refractivity contribution in [1.29, 1.82) is 0 Å². The van der Waals surface area contributed by atoms with E-state index in [4.69, 9.17) is 5.11 Å². The summed E-state index contributed by atoms with van der Waals surface area (Å²) in [6, 6.07) is 0. The van der Waals surface area contributed by atoms with Gasteiger partial charge in [0.1, 0.15) is 6.29 Å². The van der Waals surface area contributed by atoms with Crippen molar-refractivity contribution in [1.82, 2.24) is 0 Å². The molecule has 0 aromatic heterocycles. The molecule has 2 rings (SSSR count). The molecule has 0 saturated heterocycles. The van der Waals surface area contributed by atoms with Gasteiger partial charge in [0.25, 0.3) is 0 Å². The first-order valence-corrected chi connectivity index (χ1v) is 4.80. The third kappa shape index (κ3) is 6.03. The van der Waals surface area contributed by atoms with Crippen LogP contribution in [0.2, 0.25) is 0 Å². The number of carbonyl (C=O) groups excluding carboxylic acids is 1. The second kappa shape index (κ2) is 9.21. The second-order valence-corrected chi connectivity index (χ2v) is 3.23. The van der Waals surface area contributed by atoms with Crippen LogP contribution in [0.1, 0.15) is 6.92 Å². The van der Waals surface area contributed by atoms with E-state index >= 15 is 0 Å². The summed E-state index contributed by atoms with van der Waals surface area (Å²) in [6.07, 6.45) is 15.4. The zero-order valence-electron chi connectivity index (χ0n) is 8.98. The second-order valence-electron chi connectivity index (χ2n) is 3.23. The van der Waals surface area contributed by atoms with Crippen LogP contribution < -0.4 is 0 Å². The van der Waals surface area contributed by atoms with Crippen LogP contribution in [0.25, 0.3) is 0 Å². The topological polar surface area (TPSA) is 37.3 Å². The fourth-order valence-corrected chi connectivity index (χ4v) is 1.13. The summed E-state index contributed by atoms with van der Waals surface area (Å²) in [7, 11) is 0. The summed E-state index contributed by atoms with van der Waals surface area (Å²) in [4.78, 5) is 9.87. The van der Waals surface area contributed by atoms with E-state index in [-0.39, 0.29) is 23.2 Å². The van der Waals surface area contributed by atoms with Crippen LogP contribution in [-0.4, -0.2) is 17.5 Å². The fourth-order valence-electron chi connectivity index (χ4n) is 1.13. The van der Waals surface area contributed by atoms with E-state index in [9.17, 15) is 4.79 Å². The van der Waals surface area contributed by atoms with E-state index in [1.165, 1.54) is 0 Å². The molecular weight excluding hydrogens is 244 g/mol. The van der Waals surface area contributed by atoms with E-state index in [2.05, 4.69) is 0 Å². The minimum Gasteiger partial charge on any atom is -0.393 e. The first-order chi connectivity index (χ1) is 7.24. The molecule has 0 aromatic carbocycles. The van der Waals surface area contributed by atoms with Gasteiger partial charge in [0.05, 0.1) is 6.10 Å². The van der Waals surface area contributed by atoms with Crippen molar-refractivity contribution >= 4 is 6.29 Å². The van der Waals surface area contributed by atoms with Gasteiger partial charge >= 0.3 is 17.1 Å². The minimum absolute atomic E-state index is 0. The maximum atomic E-state index is 9.87. The van der Waals surface area contributed by atoms with E-state index in [1.54, 1.807) is 19.8 Å². The molecule has 0 unspecified atom stereocenters. The van der Waals surface area contributed by atoms with Crippen LogP contribution >= 0.6 is 0 Å². The number of hydrogen-bond donors (Lipinski definition) is 1. The van der Waals surface area contributed by atoms with E-state index in [0.717, 1.165) is 18.1 Å². The monoisotopic (exact) mass is 258 g/mol. The van der Waals surface area contributed by atoms with Crippen LogP contribution in [0.5, 0.6) is 0 Å². The molecule has 0 aliphatic heterocycles. The molecule has 0 aromatic rings. The maximum Gasteiger partial charge on any atom is 2.00 e. The molecule has 84 valence electrons. The first-order valence-electron chi connectivity index (χ1n) is 4.80. The predicted octanol–water partition coefficient (Wildman–Crippen LogP) is 1.36. The Morgan fingerprint density at radius 2 is 1.50 bits per heavy atom. The van der Waals surface area contributed by atoms with Crippen LogP contribution in [0.3, 0.4) is 0 Å². The average molecular weight is 258 g/mol. The number of carbonyl (C=O) groups is 1. The molecule has 2 nitrogen and oxygen atoms in total. The smallest absolute Gasteiger partial charge is 0.393 e. The predicted molar refractivity (Wildman–Crippen MR) is 58.6 cm³/mol. The SMILES string of the molecule is C[C@H](O)[C]1[CH][CH][CH][CH]1.O=C[C]1[CH][CH][CH][CH]1.[Fe+2]. The van der Waals surface area contributed by atoms with E-state index in [1.807, 2.05) is 38.5 Å². The van der Waals surface area contributed by atoms with Gasteiger partial charge in [-0.05, 0) is 58.3 Å². The molecule has 0 amide bonds. The number of aliphatic hydroxyl groups excluding tert-OH is 1. The van der Waals surface area contributed by atoms with Crippen molar-refractivity contribution in [2.75, 3.05) is 0 Å². The van der Waals surface area contributed by atoms with Gasteiger partial charge in [0, 0.05) is 11.8 Å². The van der Waals surface area contributed by atoms with Gasteiger partial charge in [0.2, 0.25) is 0 Å². The number of aldehydes is 1. The molecule has 2 saturated carbocycles. The van der Waals surface area contributed by atoms with Gasteiger partial charge in [-0.25, -0.2) is 0 Å². The quantitative estimate of drug-likeness (QED) is 0.599. The van der Waals surface area contributed by atoms with Gasteiger partial charge < -0.3 is 9.90 Å². The molecule has 0 spiro atoms. The summed E-state index contributed by atoms with van der Waals surface area (Å²) in [6.45, 7) is 1.76. The molecular formula is C13H14FeO2+2. The molecule has 2 aliphatic rings. The average Bonchev–Trinajstić information content (AvgIpc) is 2.92. The summed E-state index contributed by atoms with van der Waals surface area (Å²) in [5.41, 5.74) is 0. The maximum absolute atomic E-state index is 9.87. The van der Waals surface area contributed by atoms with Gasteiger partial charge in [-0.3, -0.25) is 0 Å². The third-order valence-electron chi connectivity index (χ3n) is 2.00. The number of aliphatic hydroxyl groups is 1. The summed E-state index contributed by atoms with van der Waals surface area (Å²) in [5, 5.41) is 8.91. The summed E-state index contributed by atoms with van der Waals surface area (Å²) in [5.74, 6) is 1.74. The Morgan fingerprint density at radius 3 is 1.75 bits per heavy atom. The Labute approximate surface area is 110 Å². The first kappa shape index (κ1) is 16.1. The van der Waals surface area contributed by atoms with Crippen molar-refractivity contribution in [2.24, 2.45) is 0 Å². The third-order valence-corrected chi connectivity index (χ3v) is 2.00. The Bertz CT molecular complexity index is 171. The number of rotatable bonds is 2. The van der Waals surface area contributed by atoms with Gasteiger partial charge in [0.15, 0.2) is 0 Å². The Kier molecular flexibility index (Phi) is 9.29. The van der Waals surface area contributed by atoms with Crippen LogP contribution in [0.4, 0.5) is 0 Å². The normalized spacial score (nSPS) is 23.1. The zero-order chi connectivity index (χ0) is 11.1. The molecule has 1 atom stereocenters. The molecule has 2 aliphatic carbocycles. The minimum atomic E-state index is -0.315. The standard InChI is InChI=1S/C7H9O.C6H5O.Fe/c1-6(8)7-4-2-3-5-7;7-5-6-3-1-2-4-6;/h2-6,8H,1H3;1-5H;/q;;+2/t6-;;/m0../s1. The molecule has 0 heterocycles. The van der Waals surface area contributed by atoms with Crippen LogP contribution in [-0.2, 0) is 21.9 Å². The largest absolute Gasteiger partial charge is 2.00 e. The van der Waals surface area contributed by atoms with Crippen LogP contribution in [0, 0.1) is 63.2 Å². The van der Waals surface area contributed by atoms with Gasteiger partial charge in [-0.2, -0.15) is 0 Å². The zero-order valence-corrected chi connectivity index (χ0v) is 10.1. The fraction of sp³-hybridized carbons (Fsp3) is 0.154. The van der Waals surface area contributed by atoms with Crippen molar-refractivity contribution < 1.29 is 27.0 Å². The van der Waals surface area contributed by atoms with Crippen molar-refractivity contribution in [2.45, 2.75) is 13.0 Å².